The summed E-state index contributed by atoms with van der Waals surface area (Å²) in [6, 6.07) is 21.3. The molecule has 0 aliphatic carbocycles. The Hall–Kier alpha value is -2.66. The maximum Gasteiger partial charge on any atom is 0.257 e. The first-order chi connectivity index (χ1) is 14.4. The summed E-state index contributed by atoms with van der Waals surface area (Å²) in [7, 11) is 0. The first-order valence-corrected chi connectivity index (χ1v) is 10.9. The summed E-state index contributed by atoms with van der Waals surface area (Å²) in [4.78, 5) is 18.5. The highest BCUT2D eigenvalue weighted by molar-refractivity contribution is 7.19. The molecule has 1 amide bonds. The Morgan fingerprint density at radius 3 is 2.03 bits per heavy atom. The van der Waals surface area contributed by atoms with Gasteiger partial charge in [-0.25, -0.2) is 4.98 Å². The number of nitrogens with one attached hydrogen (secondary N) is 1. The molecule has 1 aromatic heterocycles. The number of hydrogen-bond donors (Lipinski definition) is 1. The third kappa shape index (κ3) is 4.41. The second kappa shape index (κ2) is 8.60. The molecule has 0 spiro atoms. The van der Waals surface area contributed by atoms with Crippen LogP contribution in [0, 0.1) is 13.8 Å². The number of nitrogens with zero attached hydrogens (tertiary/aromatic N) is 1. The van der Waals surface area contributed by atoms with Crippen molar-refractivity contribution in [3.8, 4) is 21.7 Å². The summed E-state index contributed by atoms with van der Waals surface area (Å²) in [6.45, 7) is 4.11. The van der Waals surface area contributed by atoms with Crippen molar-refractivity contribution < 1.29 is 4.79 Å². The molecule has 4 rings (SSSR count). The van der Waals surface area contributed by atoms with Gasteiger partial charge in [-0.2, -0.15) is 0 Å². The number of benzene rings is 3. The summed E-state index contributed by atoms with van der Waals surface area (Å²) >= 11 is 13.5. The van der Waals surface area contributed by atoms with E-state index in [1.54, 1.807) is 18.2 Å². The van der Waals surface area contributed by atoms with Gasteiger partial charge in [-0.3, -0.25) is 10.1 Å². The van der Waals surface area contributed by atoms with Gasteiger partial charge in [-0.15, -0.1) is 0 Å². The molecular weight excluding hydrogens is 435 g/mol. The van der Waals surface area contributed by atoms with Gasteiger partial charge in [0.15, 0.2) is 5.13 Å². The van der Waals surface area contributed by atoms with Crippen molar-refractivity contribution in [3.05, 3.63) is 93.5 Å². The van der Waals surface area contributed by atoms with E-state index in [9.17, 15) is 4.79 Å². The SMILES string of the molecule is Cc1ccc(-c2nc(NC(=O)c3ccc(Cl)c(Cl)c3)sc2-c2ccc(C)cc2)cc1. The first-order valence-electron chi connectivity index (χ1n) is 9.32. The van der Waals surface area contributed by atoms with Gasteiger partial charge < -0.3 is 0 Å². The third-order valence-electron chi connectivity index (χ3n) is 4.67. The lowest BCUT2D eigenvalue weighted by Gasteiger charge is -2.04. The predicted octanol–water partition coefficient (Wildman–Crippen LogP) is 7.65. The molecule has 1 heterocycles. The Balaban J connectivity index is 1.72. The Morgan fingerprint density at radius 2 is 1.43 bits per heavy atom. The zero-order valence-electron chi connectivity index (χ0n) is 16.4. The normalized spacial score (nSPS) is 10.8. The molecule has 0 unspecified atom stereocenters. The highest BCUT2D eigenvalue weighted by Crippen LogP contribution is 2.39. The average Bonchev–Trinajstić information content (AvgIpc) is 3.14. The molecule has 0 atom stereocenters. The molecule has 0 radical (unpaired) electrons. The standard InChI is InChI=1S/C24H18Cl2N2OS/c1-14-3-7-16(8-4-14)21-22(17-9-5-15(2)6-10-17)30-24(27-21)28-23(29)18-11-12-19(25)20(26)13-18/h3-13H,1-2H3,(H,27,28,29). The molecule has 0 aliphatic rings. The lowest BCUT2D eigenvalue weighted by atomic mass is 10.0. The number of hydrogen-bond acceptors (Lipinski definition) is 3. The Kier molecular flexibility index (Phi) is 5.91. The number of carbonyl (C=O) groups excluding carboxylic acids is 1. The lowest BCUT2D eigenvalue weighted by molar-refractivity contribution is 0.102. The fraction of sp³-hybridized carbons (Fsp3) is 0.0833. The topological polar surface area (TPSA) is 42.0 Å². The number of anilines is 1. The molecule has 3 aromatic carbocycles. The van der Waals surface area contributed by atoms with E-state index in [1.807, 2.05) is 12.1 Å². The molecule has 3 nitrogen and oxygen atoms in total. The minimum Gasteiger partial charge on any atom is -0.298 e. The van der Waals surface area contributed by atoms with Crippen molar-refractivity contribution in [2.45, 2.75) is 13.8 Å². The van der Waals surface area contributed by atoms with E-state index < -0.39 is 0 Å². The number of thiazole rings is 1. The lowest BCUT2D eigenvalue weighted by Crippen LogP contribution is -2.11. The minimum absolute atomic E-state index is 0.284. The van der Waals surface area contributed by atoms with Crippen molar-refractivity contribution >= 4 is 45.6 Å². The molecule has 6 heteroatoms. The molecule has 30 heavy (non-hydrogen) atoms. The van der Waals surface area contributed by atoms with Gasteiger partial charge >= 0.3 is 0 Å². The van der Waals surface area contributed by atoms with Crippen LogP contribution in [-0.2, 0) is 0 Å². The van der Waals surface area contributed by atoms with Crippen LogP contribution in [0.15, 0.2) is 66.7 Å². The van der Waals surface area contributed by atoms with Crippen LogP contribution in [0.25, 0.3) is 21.7 Å². The van der Waals surface area contributed by atoms with Crippen LogP contribution in [0.4, 0.5) is 5.13 Å². The number of rotatable bonds is 4. The van der Waals surface area contributed by atoms with E-state index in [1.165, 1.54) is 22.5 Å². The highest BCUT2D eigenvalue weighted by Gasteiger charge is 2.17. The molecule has 1 N–H and O–H groups in total. The second-order valence-electron chi connectivity index (χ2n) is 7.01. The molecular formula is C24H18Cl2N2OS. The quantitative estimate of drug-likeness (QED) is 0.345. The van der Waals surface area contributed by atoms with Crippen LogP contribution in [0.3, 0.4) is 0 Å². The third-order valence-corrected chi connectivity index (χ3v) is 6.43. The first kappa shape index (κ1) is 20.6. The van der Waals surface area contributed by atoms with Crippen LogP contribution in [0.1, 0.15) is 21.5 Å². The smallest absolute Gasteiger partial charge is 0.257 e. The highest BCUT2D eigenvalue weighted by atomic mass is 35.5. The van der Waals surface area contributed by atoms with Crippen molar-refractivity contribution in [2.75, 3.05) is 5.32 Å². The van der Waals surface area contributed by atoms with Gasteiger partial charge in [0.25, 0.3) is 5.91 Å². The fourth-order valence-electron chi connectivity index (χ4n) is 2.99. The number of aryl methyl sites for hydroxylation is 2. The van der Waals surface area contributed by atoms with Crippen molar-refractivity contribution in [1.29, 1.82) is 0 Å². The number of amides is 1. The maximum absolute atomic E-state index is 12.7. The molecule has 0 fully saturated rings. The zero-order valence-corrected chi connectivity index (χ0v) is 18.7. The zero-order chi connectivity index (χ0) is 21.3. The van der Waals surface area contributed by atoms with Crippen LogP contribution in [0.2, 0.25) is 10.0 Å². The van der Waals surface area contributed by atoms with E-state index in [0.29, 0.717) is 20.7 Å². The van der Waals surface area contributed by atoms with E-state index in [-0.39, 0.29) is 5.91 Å². The van der Waals surface area contributed by atoms with Crippen LogP contribution in [-0.4, -0.2) is 10.9 Å². The molecule has 0 saturated heterocycles. The van der Waals surface area contributed by atoms with Gasteiger partial charge in [-0.05, 0) is 37.6 Å². The van der Waals surface area contributed by atoms with Crippen LogP contribution < -0.4 is 5.32 Å². The number of halogens is 2. The minimum atomic E-state index is -0.284. The van der Waals surface area contributed by atoms with Gasteiger partial charge in [0.1, 0.15) is 0 Å². The van der Waals surface area contributed by atoms with Gasteiger partial charge in [0, 0.05) is 11.1 Å². The second-order valence-corrected chi connectivity index (χ2v) is 8.83. The molecule has 0 aliphatic heterocycles. The Morgan fingerprint density at radius 1 is 0.833 bits per heavy atom. The van der Waals surface area contributed by atoms with Crippen molar-refractivity contribution in [1.82, 2.24) is 4.98 Å². The summed E-state index contributed by atoms with van der Waals surface area (Å²) < 4.78 is 0. The van der Waals surface area contributed by atoms with E-state index >= 15 is 0 Å². The summed E-state index contributed by atoms with van der Waals surface area (Å²) in [5.74, 6) is -0.284. The van der Waals surface area contributed by atoms with Gasteiger partial charge in [-0.1, -0.05) is 94.2 Å². The van der Waals surface area contributed by atoms with E-state index in [0.717, 1.165) is 21.7 Å². The van der Waals surface area contributed by atoms with E-state index in [4.69, 9.17) is 28.2 Å². The Bertz CT molecular complexity index is 1150. The summed E-state index contributed by atoms with van der Waals surface area (Å²) in [5, 5.41) is 4.17. The summed E-state index contributed by atoms with van der Waals surface area (Å²) in [6.07, 6.45) is 0. The maximum atomic E-state index is 12.7. The van der Waals surface area contributed by atoms with Crippen LogP contribution in [0.5, 0.6) is 0 Å². The van der Waals surface area contributed by atoms with Crippen molar-refractivity contribution in [2.24, 2.45) is 0 Å². The average molecular weight is 453 g/mol. The monoisotopic (exact) mass is 452 g/mol. The predicted molar refractivity (Wildman–Crippen MR) is 127 cm³/mol. The van der Waals surface area contributed by atoms with Crippen molar-refractivity contribution in [3.63, 3.8) is 0 Å². The molecule has 4 aromatic rings. The van der Waals surface area contributed by atoms with Gasteiger partial charge in [0.2, 0.25) is 0 Å². The number of aromatic nitrogens is 1. The van der Waals surface area contributed by atoms with E-state index in [2.05, 4.69) is 55.6 Å². The molecule has 0 bridgehead atoms. The number of carbonyl (C=O) groups is 1. The molecule has 0 saturated carbocycles. The largest absolute Gasteiger partial charge is 0.298 e. The van der Waals surface area contributed by atoms with Gasteiger partial charge in [0.05, 0.1) is 20.6 Å². The van der Waals surface area contributed by atoms with Crippen LogP contribution >= 0.6 is 34.5 Å². The summed E-state index contributed by atoms with van der Waals surface area (Å²) in [5.41, 5.74) is 5.69. The fourth-order valence-corrected chi connectivity index (χ4v) is 4.27. The molecule has 150 valence electrons. The Labute approximate surface area is 189 Å².